The van der Waals surface area contributed by atoms with Crippen LogP contribution in [0.4, 0.5) is 10.8 Å². The molecule has 0 fully saturated rings. The minimum atomic E-state index is -0.112. The summed E-state index contributed by atoms with van der Waals surface area (Å²) in [6, 6.07) is 12.8. The zero-order chi connectivity index (χ0) is 19.5. The number of hydrogen-bond donors (Lipinski definition) is 1. The minimum Gasteiger partial charge on any atom is -0.497 e. The van der Waals surface area contributed by atoms with Crippen molar-refractivity contribution in [2.45, 2.75) is 10.1 Å². The fourth-order valence-electron chi connectivity index (χ4n) is 2.48. The summed E-state index contributed by atoms with van der Waals surface area (Å²) in [6.45, 7) is 0. The van der Waals surface area contributed by atoms with Gasteiger partial charge in [-0.15, -0.1) is 10.2 Å². The number of anilines is 2. The van der Waals surface area contributed by atoms with E-state index in [9.17, 15) is 4.79 Å². The third kappa shape index (κ3) is 4.34. The molecule has 0 aliphatic carbocycles. The quantitative estimate of drug-likeness (QED) is 0.415. The molecule has 142 valence electrons. The zero-order valence-corrected chi connectivity index (χ0v) is 17.8. The van der Waals surface area contributed by atoms with E-state index in [1.807, 2.05) is 30.3 Å². The average Bonchev–Trinajstić information content (AvgIpc) is 3.14. The largest absolute Gasteiger partial charge is 0.497 e. The van der Waals surface area contributed by atoms with Crippen LogP contribution in [0.25, 0.3) is 5.65 Å². The number of thioether (sulfide) groups is 1. The molecule has 3 aromatic heterocycles. The number of nitrogens with zero attached hydrogens (tertiary/aromatic N) is 4. The third-order valence-corrected chi connectivity index (χ3v) is 6.22. The maximum absolute atomic E-state index is 12.3. The van der Waals surface area contributed by atoms with Crippen molar-refractivity contribution in [3.8, 4) is 5.75 Å². The highest BCUT2D eigenvalue weighted by Gasteiger charge is 2.08. The van der Waals surface area contributed by atoms with Crippen LogP contribution >= 0.6 is 39.0 Å². The normalized spacial score (nSPS) is 10.9. The molecule has 0 spiro atoms. The topological polar surface area (TPSA) is 81.4 Å². The highest BCUT2D eigenvalue weighted by Crippen LogP contribution is 2.30. The van der Waals surface area contributed by atoms with Gasteiger partial charge in [-0.25, -0.2) is 4.98 Å². The molecule has 0 aliphatic heterocycles. The number of ether oxygens (including phenoxy) is 1. The second-order valence-electron chi connectivity index (χ2n) is 5.68. The van der Waals surface area contributed by atoms with Crippen LogP contribution in [0.15, 0.2) is 62.3 Å². The van der Waals surface area contributed by atoms with Crippen LogP contribution in [-0.2, 0) is 5.75 Å². The lowest BCUT2D eigenvalue weighted by Crippen LogP contribution is -2.15. The third-order valence-electron chi connectivity index (χ3n) is 3.75. The van der Waals surface area contributed by atoms with Gasteiger partial charge in [-0.05, 0) is 40.2 Å². The monoisotopic (exact) mass is 475 g/mol. The summed E-state index contributed by atoms with van der Waals surface area (Å²) >= 11 is 6.30. The van der Waals surface area contributed by atoms with E-state index in [0.717, 1.165) is 20.2 Å². The van der Waals surface area contributed by atoms with Crippen molar-refractivity contribution < 1.29 is 4.74 Å². The lowest BCUT2D eigenvalue weighted by atomic mass is 10.3. The van der Waals surface area contributed by atoms with E-state index in [1.54, 1.807) is 25.4 Å². The number of pyridine rings is 1. The van der Waals surface area contributed by atoms with Crippen LogP contribution in [0, 0.1) is 0 Å². The van der Waals surface area contributed by atoms with Crippen LogP contribution in [0.3, 0.4) is 0 Å². The minimum absolute atomic E-state index is 0.112. The Morgan fingerprint density at radius 3 is 3.00 bits per heavy atom. The maximum Gasteiger partial charge on any atom is 0.258 e. The maximum atomic E-state index is 12.3. The molecule has 1 aromatic carbocycles. The predicted molar refractivity (Wildman–Crippen MR) is 115 cm³/mol. The van der Waals surface area contributed by atoms with Gasteiger partial charge in [0, 0.05) is 34.2 Å². The van der Waals surface area contributed by atoms with Crippen molar-refractivity contribution in [3.63, 3.8) is 0 Å². The van der Waals surface area contributed by atoms with Crippen LogP contribution in [-0.4, -0.2) is 26.7 Å². The van der Waals surface area contributed by atoms with E-state index in [1.165, 1.54) is 27.5 Å². The Labute approximate surface area is 176 Å². The summed E-state index contributed by atoms with van der Waals surface area (Å²) in [5.41, 5.74) is 2.08. The van der Waals surface area contributed by atoms with Crippen molar-refractivity contribution in [2.75, 3.05) is 12.4 Å². The Balaban J connectivity index is 1.45. The summed E-state index contributed by atoms with van der Waals surface area (Å²) in [4.78, 5) is 16.8. The summed E-state index contributed by atoms with van der Waals surface area (Å²) < 4.78 is 8.36. The Hall–Kier alpha value is -2.43. The smallest absolute Gasteiger partial charge is 0.258 e. The lowest BCUT2D eigenvalue weighted by molar-refractivity contribution is 0.415. The fraction of sp³-hybridized carbons (Fsp3) is 0.111. The standard InChI is InChI=1S/C18H14BrN5O2S2/c1-26-14-4-2-3-12(7-14)21-17-22-23-18(28-17)27-10-13-8-16(25)24-9-11(19)5-6-15(24)20-13/h2-9H,10H2,1H3,(H,21,22). The lowest BCUT2D eigenvalue weighted by Gasteiger charge is -2.04. The van der Waals surface area contributed by atoms with Crippen molar-refractivity contribution in [3.05, 3.63) is 69.2 Å². The highest BCUT2D eigenvalue weighted by molar-refractivity contribution is 9.10. The zero-order valence-electron chi connectivity index (χ0n) is 14.6. The molecule has 0 saturated heterocycles. The van der Waals surface area contributed by atoms with Gasteiger partial charge in [0.2, 0.25) is 5.13 Å². The summed E-state index contributed by atoms with van der Waals surface area (Å²) in [5, 5.41) is 12.2. The van der Waals surface area contributed by atoms with Gasteiger partial charge < -0.3 is 10.1 Å². The second kappa shape index (κ2) is 8.29. The molecule has 0 radical (unpaired) electrons. The van der Waals surface area contributed by atoms with Crippen LogP contribution in [0.1, 0.15) is 5.69 Å². The Morgan fingerprint density at radius 2 is 2.14 bits per heavy atom. The highest BCUT2D eigenvalue weighted by atomic mass is 79.9. The van der Waals surface area contributed by atoms with Crippen molar-refractivity contribution in [2.24, 2.45) is 0 Å². The van der Waals surface area contributed by atoms with Crippen molar-refractivity contribution in [1.29, 1.82) is 0 Å². The first-order valence-corrected chi connectivity index (χ1v) is 10.8. The van der Waals surface area contributed by atoms with Crippen LogP contribution in [0.2, 0.25) is 0 Å². The number of fused-ring (bicyclic) bond motifs is 1. The van der Waals surface area contributed by atoms with Gasteiger partial charge in [0.25, 0.3) is 5.56 Å². The number of nitrogens with one attached hydrogen (secondary N) is 1. The van der Waals surface area contributed by atoms with Crippen LogP contribution < -0.4 is 15.6 Å². The molecule has 0 saturated carbocycles. The first-order chi connectivity index (χ1) is 13.6. The number of benzene rings is 1. The molecule has 4 rings (SSSR count). The molecule has 0 unspecified atom stereocenters. The molecule has 10 heteroatoms. The number of halogens is 1. The average molecular weight is 476 g/mol. The Bertz CT molecular complexity index is 1190. The van der Waals surface area contributed by atoms with Gasteiger partial charge in [-0.2, -0.15) is 0 Å². The summed E-state index contributed by atoms with van der Waals surface area (Å²) in [6.07, 6.45) is 1.71. The van der Waals surface area contributed by atoms with Gasteiger partial charge in [0.1, 0.15) is 11.4 Å². The Morgan fingerprint density at radius 1 is 1.25 bits per heavy atom. The predicted octanol–water partition coefficient (Wildman–Crippen LogP) is 4.35. The van der Waals surface area contributed by atoms with Gasteiger partial charge in [0.15, 0.2) is 4.34 Å². The van der Waals surface area contributed by atoms with E-state index in [-0.39, 0.29) is 5.56 Å². The van der Waals surface area contributed by atoms with Gasteiger partial charge in [0.05, 0.1) is 12.8 Å². The molecule has 4 aromatic rings. The number of hydrogen-bond acceptors (Lipinski definition) is 8. The van der Waals surface area contributed by atoms with E-state index in [2.05, 4.69) is 36.4 Å². The molecular formula is C18H14BrN5O2S2. The van der Waals surface area contributed by atoms with Gasteiger partial charge >= 0.3 is 0 Å². The van der Waals surface area contributed by atoms with Gasteiger partial charge in [-0.3, -0.25) is 9.20 Å². The first kappa shape index (κ1) is 18.9. The van der Waals surface area contributed by atoms with E-state index >= 15 is 0 Å². The van der Waals surface area contributed by atoms with E-state index < -0.39 is 0 Å². The first-order valence-electron chi connectivity index (χ1n) is 8.16. The fourth-order valence-corrected chi connectivity index (χ4v) is 4.48. The van der Waals surface area contributed by atoms with Crippen molar-refractivity contribution >= 4 is 55.5 Å². The second-order valence-corrected chi connectivity index (χ2v) is 8.80. The number of methoxy groups -OCH3 is 1. The van der Waals surface area contributed by atoms with Crippen molar-refractivity contribution in [1.82, 2.24) is 19.6 Å². The molecule has 0 atom stereocenters. The van der Waals surface area contributed by atoms with Gasteiger partial charge in [-0.1, -0.05) is 29.2 Å². The molecule has 1 N–H and O–H groups in total. The van der Waals surface area contributed by atoms with E-state index in [4.69, 9.17) is 4.74 Å². The molecule has 7 nitrogen and oxygen atoms in total. The van der Waals surface area contributed by atoms with E-state index in [0.29, 0.717) is 22.2 Å². The summed E-state index contributed by atoms with van der Waals surface area (Å²) in [5.74, 6) is 1.31. The van der Waals surface area contributed by atoms with Crippen LogP contribution in [0.5, 0.6) is 5.75 Å². The molecule has 0 amide bonds. The number of aromatic nitrogens is 4. The molecule has 0 aliphatic rings. The molecule has 0 bridgehead atoms. The molecular weight excluding hydrogens is 462 g/mol. The molecule has 28 heavy (non-hydrogen) atoms. The molecule has 3 heterocycles. The summed E-state index contributed by atoms with van der Waals surface area (Å²) in [7, 11) is 1.63. The SMILES string of the molecule is COc1cccc(Nc2nnc(SCc3cc(=O)n4cc(Br)ccc4n3)s2)c1. The number of rotatable bonds is 6. The Kier molecular flexibility index (Phi) is 5.60.